The maximum absolute atomic E-state index is 9.35. The molecule has 2 rings (SSSR count). The van der Waals surface area contributed by atoms with Crippen LogP contribution in [0.3, 0.4) is 0 Å². The van der Waals surface area contributed by atoms with E-state index in [-0.39, 0.29) is 4.75 Å². The van der Waals surface area contributed by atoms with Gasteiger partial charge >= 0.3 is 0 Å². The van der Waals surface area contributed by atoms with Crippen LogP contribution in [0.15, 0.2) is 33.6 Å². The van der Waals surface area contributed by atoms with Crippen LogP contribution < -0.4 is 5.32 Å². The predicted octanol–water partition coefficient (Wildman–Crippen LogP) is 3.19. The molecule has 0 atom stereocenters. The van der Waals surface area contributed by atoms with Crippen molar-refractivity contribution in [3.05, 3.63) is 28.7 Å². The number of nitriles is 1. The second kappa shape index (κ2) is 5.22. The lowest BCUT2D eigenvalue weighted by atomic mass is 9.99. The summed E-state index contributed by atoms with van der Waals surface area (Å²) in [6.07, 6.45) is 1.84. The van der Waals surface area contributed by atoms with Crippen LogP contribution in [0.4, 0.5) is 0 Å². The van der Waals surface area contributed by atoms with Gasteiger partial charge in [0, 0.05) is 9.37 Å². The first-order valence-corrected chi connectivity index (χ1v) is 6.92. The largest absolute Gasteiger partial charge is 0.317 e. The first kappa shape index (κ1) is 12.0. The normalized spacial score (nSPS) is 19.0. The number of piperidine rings is 1. The summed E-state index contributed by atoms with van der Waals surface area (Å²) in [7, 11) is 0. The molecule has 0 amide bonds. The first-order valence-electron chi connectivity index (χ1n) is 5.31. The van der Waals surface area contributed by atoms with Crippen molar-refractivity contribution in [2.24, 2.45) is 0 Å². The molecular formula is C12H13BrN2S. The van der Waals surface area contributed by atoms with E-state index in [0.29, 0.717) is 0 Å². The number of hydrogen-bond acceptors (Lipinski definition) is 3. The molecule has 1 fully saturated rings. The molecule has 0 bridgehead atoms. The number of thioether (sulfide) groups is 1. The number of rotatable bonds is 2. The zero-order valence-electron chi connectivity index (χ0n) is 8.87. The Morgan fingerprint density at radius 3 is 2.44 bits per heavy atom. The lowest BCUT2D eigenvalue weighted by molar-refractivity contribution is 0.476. The van der Waals surface area contributed by atoms with Crippen molar-refractivity contribution in [3.8, 4) is 6.07 Å². The minimum absolute atomic E-state index is 0.237. The molecule has 0 aliphatic carbocycles. The van der Waals surface area contributed by atoms with E-state index >= 15 is 0 Å². The fourth-order valence-corrected chi connectivity index (χ4v) is 3.24. The summed E-state index contributed by atoms with van der Waals surface area (Å²) in [6.45, 7) is 1.88. The monoisotopic (exact) mass is 296 g/mol. The molecule has 1 aliphatic rings. The van der Waals surface area contributed by atoms with Crippen LogP contribution in [0.1, 0.15) is 12.8 Å². The molecule has 1 aromatic rings. The Bertz CT molecular complexity index is 390. The van der Waals surface area contributed by atoms with Gasteiger partial charge < -0.3 is 5.32 Å². The third-order valence-electron chi connectivity index (χ3n) is 2.74. The van der Waals surface area contributed by atoms with Gasteiger partial charge in [-0.2, -0.15) is 5.26 Å². The predicted molar refractivity (Wildman–Crippen MR) is 70.4 cm³/mol. The summed E-state index contributed by atoms with van der Waals surface area (Å²) in [4.78, 5) is 1.17. The van der Waals surface area contributed by atoms with Gasteiger partial charge in [0.1, 0.15) is 4.75 Å². The zero-order chi connectivity index (χ0) is 11.4. The highest BCUT2D eigenvalue weighted by atomic mass is 79.9. The molecule has 4 heteroatoms. The molecule has 1 aromatic carbocycles. The lowest BCUT2D eigenvalue weighted by Gasteiger charge is -2.30. The lowest BCUT2D eigenvalue weighted by Crippen LogP contribution is -2.38. The van der Waals surface area contributed by atoms with Crippen LogP contribution in [-0.4, -0.2) is 17.8 Å². The number of nitrogens with one attached hydrogen (secondary N) is 1. The summed E-state index contributed by atoms with van der Waals surface area (Å²) in [6, 6.07) is 10.7. The zero-order valence-corrected chi connectivity index (χ0v) is 11.3. The van der Waals surface area contributed by atoms with Crippen molar-refractivity contribution in [2.45, 2.75) is 22.5 Å². The van der Waals surface area contributed by atoms with E-state index in [2.05, 4.69) is 39.4 Å². The fourth-order valence-electron chi connectivity index (χ4n) is 1.80. The fraction of sp³-hybridized carbons (Fsp3) is 0.417. The van der Waals surface area contributed by atoms with Gasteiger partial charge in [-0.1, -0.05) is 15.9 Å². The van der Waals surface area contributed by atoms with E-state index in [1.165, 1.54) is 4.90 Å². The molecule has 0 radical (unpaired) electrons. The van der Waals surface area contributed by atoms with E-state index in [9.17, 15) is 5.26 Å². The van der Waals surface area contributed by atoms with Gasteiger partial charge in [-0.05, 0) is 50.2 Å². The van der Waals surface area contributed by atoms with Crippen LogP contribution in [0.2, 0.25) is 0 Å². The standard InChI is InChI=1S/C12H13BrN2S/c13-10-1-3-11(4-2-10)16-12(9-14)5-7-15-8-6-12/h1-4,15H,5-8H2. The molecule has 1 aliphatic heterocycles. The van der Waals surface area contributed by atoms with Crippen molar-refractivity contribution in [1.29, 1.82) is 5.26 Å². The van der Waals surface area contributed by atoms with Crippen molar-refractivity contribution >= 4 is 27.7 Å². The average Bonchev–Trinajstić information content (AvgIpc) is 2.33. The van der Waals surface area contributed by atoms with E-state index in [1.807, 2.05) is 12.1 Å². The molecule has 0 spiro atoms. The Morgan fingerprint density at radius 2 is 1.88 bits per heavy atom. The van der Waals surface area contributed by atoms with Gasteiger partial charge in [-0.3, -0.25) is 0 Å². The average molecular weight is 297 g/mol. The highest BCUT2D eigenvalue weighted by molar-refractivity contribution is 9.10. The van der Waals surface area contributed by atoms with Gasteiger partial charge in [0.25, 0.3) is 0 Å². The number of halogens is 1. The summed E-state index contributed by atoms with van der Waals surface area (Å²) < 4.78 is 0.840. The summed E-state index contributed by atoms with van der Waals surface area (Å²) >= 11 is 5.12. The molecule has 1 N–H and O–H groups in total. The topological polar surface area (TPSA) is 35.8 Å². The van der Waals surface area contributed by atoms with E-state index < -0.39 is 0 Å². The smallest absolute Gasteiger partial charge is 0.109 e. The van der Waals surface area contributed by atoms with Crippen molar-refractivity contribution in [2.75, 3.05) is 13.1 Å². The Labute approximate surface area is 109 Å². The van der Waals surface area contributed by atoms with Crippen LogP contribution in [0.5, 0.6) is 0 Å². The number of nitrogens with zero attached hydrogens (tertiary/aromatic N) is 1. The maximum atomic E-state index is 9.35. The second-order valence-corrected chi connectivity index (χ2v) is 6.28. The molecule has 1 saturated heterocycles. The highest BCUT2D eigenvalue weighted by Crippen LogP contribution is 2.39. The van der Waals surface area contributed by atoms with Crippen LogP contribution in [0.25, 0.3) is 0 Å². The highest BCUT2D eigenvalue weighted by Gasteiger charge is 2.33. The molecule has 2 nitrogen and oxygen atoms in total. The summed E-state index contributed by atoms with van der Waals surface area (Å²) in [5.74, 6) is 0. The Kier molecular flexibility index (Phi) is 3.91. The minimum atomic E-state index is -0.237. The van der Waals surface area contributed by atoms with Gasteiger partial charge in [0.05, 0.1) is 6.07 Å². The second-order valence-electron chi connectivity index (χ2n) is 3.91. The molecule has 0 unspecified atom stereocenters. The molecule has 16 heavy (non-hydrogen) atoms. The molecule has 84 valence electrons. The number of hydrogen-bond donors (Lipinski definition) is 1. The SMILES string of the molecule is N#CC1(Sc2ccc(Br)cc2)CCNCC1. The van der Waals surface area contributed by atoms with Crippen molar-refractivity contribution < 1.29 is 0 Å². The third kappa shape index (κ3) is 2.79. The first-order chi connectivity index (χ1) is 7.74. The van der Waals surface area contributed by atoms with Crippen LogP contribution in [-0.2, 0) is 0 Å². The van der Waals surface area contributed by atoms with Gasteiger partial charge in [-0.25, -0.2) is 0 Å². The molecule has 0 aromatic heterocycles. The minimum Gasteiger partial charge on any atom is -0.317 e. The van der Waals surface area contributed by atoms with Gasteiger partial charge in [0.2, 0.25) is 0 Å². The Morgan fingerprint density at radius 1 is 1.25 bits per heavy atom. The Hall–Kier alpha value is -0.500. The van der Waals surface area contributed by atoms with Gasteiger partial charge in [0.15, 0.2) is 0 Å². The quantitative estimate of drug-likeness (QED) is 0.910. The summed E-state index contributed by atoms with van der Waals surface area (Å²) in [5.41, 5.74) is 0. The molecular weight excluding hydrogens is 284 g/mol. The van der Waals surface area contributed by atoms with Gasteiger partial charge in [-0.15, -0.1) is 11.8 Å². The van der Waals surface area contributed by atoms with E-state index in [4.69, 9.17) is 0 Å². The molecule has 1 heterocycles. The van der Waals surface area contributed by atoms with Crippen LogP contribution >= 0.6 is 27.7 Å². The maximum Gasteiger partial charge on any atom is 0.109 e. The van der Waals surface area contributed by atoms with Crippen molar-refractivity contribution in [3.63, 3.8) is 0 Å². The van der Waals surface area contributed by atoms with E-state index in [0.717, 1.165) is 30.4 Å². The third-order valence-corrected chi connectivity index (χ3v) is 4.67. The Balaban J connectivity index is 2.12. The van der Waals surface area contributed by atoms with E-state index in [1.54, 1.807) is 11.8 Å². The van der Waals surface area contributed by atoms with Crippen LogP contribution in [0, 0.1) is 11.3 Å². The summed E-state index contributed by atoms with van der Waals surface area (Å²) in [5, 5.41) is 12.6. The number of benzene rings is 1. The molecule has 0 saturated carbocycles. The van der Waals surface area contributed by atoms with Crippen molar-refractivity contribution in [1.82, 2.24) is 5.32 Å².